The fraction of sp³-hybridized carbons (Fsp3) is 0.556. The van der Waals surface area contributed by atoms with Crippen LogP contribution >= 0.6 is 0 Å². The predicted molar refractivity (Wildman–Crippen MR) is 153 cm³/mol. The van der Waals surface area contributed by atoms with Crippen molar-refractivity contribution in [2.45, 2.75) is 91.8 Å². The van der Waals surface area contributed by atoms with Gasteiger partial charge in [-0.3, -0.25) is 4.72 Å². The molecule has 0 radical (unpaired) electrons. The summed E-state index contributed by atoms with van der Waals surface area (Å²) in [5.41, 5.74) is 3.17. The van der Waals surface area contributed by atoms with Crippen molar-refractivity contribution < 1.29 is 17.3 Å². The zero-order chi connectivity index (χ0) is 26.8. The number of aryl methyl sites for hydroxylation is 1. The van der Waals surface area contributed by atoms with Crippen molar-refractivity contribution in [3.8, 4) is 0 Å². The number of rotatable bonds is 9. The minimum atomic E-state index is -3.75. The topological polar surface area (TPSA) is 64.6 Å². The van der Waals surface area contributed by atoms with Crippen molar-refractivity contribution in [1.82, 2.24) is 0 Å². The van der Waals surface area contributed by atoms with Crippen LogP contribution in [0.3, 0.4) is 0 Å². The summed E-state index contributed by atoms with van der Waals surface area (Å²) in [6.07, 6.45) is -0.317. The molecule has 0 aliphatic carbocycles. The van der Waals surface area contributed by atoms with Crippen LogP contribution in [0.1, 0.15) is 70.4 Å². The van der Waals surface area contributed by atoms with E-state index < -0.39 is 28.1 Å². The number of anilines is 1. The minimum absolute atomic E-state index is 0.159. The van der Waals surface area contributed by atoms with Crippen molar-refractivity contribution in [3.05, 3.63) is 59.2 Å². The first-order valence-electron chi connectivity index (χ1n) is 12.5. The number of nitrogens with one attached hydrogen (secondary N) is 1. The second-order valence-corrected chi connectivity index (χ2v) is 18.6. The Labute approximate surface area is 217 Å². The molecule has 2 aromatic rings. The molecule has 196 valence electrons. The highest BCUT2D eigenvalue weighted by molar-refractivity contribution is 7.92. The molecule has 1 N–H and O–H groups in total. The van der Waals surface area contributed by atoms with Gasteiger partial charge in [-0.25, -0.2) is 8.42 Å². The molecule has 35 heavy (non-hydrogen) atoms. The van der Waals surface area contributed by atoms with E-state index in [1.54, 1.807) is 12.1 Å². The van der Waals surface area contributed by atoms with Gasteiger partial charge in [0, 0.05) is 5.69 Å². The maximum atomic E-state index is 13.3. The van der Waals surface area contributed by atoms with Gasteiger partial charge in [-0.15, -0.1) is 0 Å². The smallest absolute Gasteiger partial charge is 0.261 e. The van der Waals surface area contributed by atoms with Gasteiger partial charge in [0.15, 0.2) is 18.1 Å². The quantitative estimate of drug-likeness (QED) is 0.352. The highest BCUT2D eigenvalue weighted by Crippen LogP contribution is 2.42. The first kappa shape index (κ1) is 29.8. The third kappa shape index (κ3) is 8.56. The van der Waals surface area contributed by atoms with Crippen LogP contribution < -0.4 is 4.72 Å². The molecule has 5 nitrogen and oxygen atoms in total. The summed E-state index contributed by atoms with van der Waals surface area (Å²) < 4.78 is 42.4. The average molecular weight is 536 g/mol. The van der Waals surface area contributed by atoms with Crippen molar-refractivity contribution in [3.63, 3.8) is 0 Å². The molecular weight excluding hydrogens is 491 g/mol. The number of benzene rings is 2. The van der Waals surface area contributed by atoms with Crippen LogP contribution in [0.15, 0.2) is 47.4 Å². The van der Waals surface area contributed by atoms with E-state index in [-0.39, 0.29) is 27.9 Å². The van der Waals surface area contributed by atoms with Crippen molar-refractivity contribution in [2.24, 2.45) is 10.8 Å². The lowest BCUT2D eigenvalue weighted by Gasteiger charge is -2.36. The Morgan fingerprint density at radius 3 is 1.49 bits per heavy atom. The summed E-state index contributed by atoms with van der Waals surface area (Å²) in [4.78, 5) is 0.242. The van der Waals surface area contributed by atoms with E-state index in [0.29, 0.717) is 5.69 Å². The first-order chi connectivity index (χ1) is 15.9. The molecule has 0 bridgehead atoms. The summed E-state index contributed by atoms with van der Waals surface area (Å²) >= 11 is 0. The van der Waals surface area contributed by atoms with Gasteiger partial charge in [0.1, 0.15) is 0 Å². The Morgan fingerprint density at radius 1 is 0.743 bits per heavy atom. The lowest BCUT2D eigenvalue weighted by Crippen LogP contribution is -2.28. The van der Waals surface area contributed by atoms with Gasteiger partial charge in [-0.2, -0.15) is 0 Å². The highest BCUT2D eigenvalue weighted by atomic mass is 32.2. The maximum Gasteiger partial charge on any atom is 0.261 e. The van der Waals surface area contributed by atoms with Crippen LogP contribution in [0.2, 0.25) is 26.2 Å². The lowest BCUT2D eigenvalue weighted by atomic mass is 9.81. The molecule has 0 aromatic heterocycles. The van der Waals surface area contributed by atoms with E-state index in [1.165, 1.54) is 0 Å². The van der Waals surface area contributed by atoms with E-state index in [9.17, 15) is 8.42 Å². The molecule has 2 rings (SSSR count). The van der Waals surface area contributed by atoms with Gasteiger partial charge < -0.3 is 8.85 Å². The fourth-order valence-electron chi connectivity index (χ4n) is 4.08. The van der Waals surface area contributed by atoms with Crippen LogP contribution in [0.25, 0.3) is 0 Å². The van der Waals surface area contributed by atoms with Crippen LogP contribution in [0, 0.1) is 17.8 Å². The first-order valence-corrected chi connectivity index (χ1v) is 19.5. The Kier molecular flexibility index (Phi) is 9.61. The van der Waals surface area contributed by atoms with E-state index in [4.69, 9.17) is 8.85 Å². The molecule has 0 heterocycles. The molecule has 0 spiro atoms. The Morgan fingerprint density at radius 2 is 1.14 bits per heavy atom. The molecule has 0 saturated carbocycles. The van der Waals surface area contributed by atoms with E-state index >= 15 is 0 Å². The zero-order valence-corrected chi connectivity index (χ0v) is 26.5. The number of sulfonamides is 1. The van der Waals surface area contributed by atoms with E-state index in [2.05, 4.69) is 78.5 Å². The number of hydrogen-bond donors (Lipinski definition) is 1. The minimum Gasteiger partial charge on any atom is -0.413 e. The summed E-state index contributed by atoms with van der Waals surface area (Å²) in [6, 6.07) is 12.9. The van der Waals surface area contributed by atoms with E-state index in [0.717, 1.165) is 16.7 Å². The van der Waals surface area contributed by atoms with Crippen LogP contribution in [-0.2, 0) is 18.9 Å². The van der Waals surface area contributed by atoms with Gasteiger partial charge in [0.25, 0.3) is 10.0 Å². The molecular formula is C27H45NO4SSi2. The molecule has 0 fully saturated rings. The third-order valence-corrected chi connectivity index (χ3v) is 8.59. The van der Waals surface area contributed by atoms with Crippen LogP contribution in [0.5, 0.6) is 0 Å². The largest absolute Gasteiger partial charge is 0.413 e. The van der Waals surface area contributed by atoms with Crippen molar-refractivity contribution in [2.75, 3.05) is 4.72 Å². The molecule has 0 aliphatic rings. The Balaban J connectivity index is 2.69. The average Bonchev–Trinajstić information content (AvgIpc) is 2.68. The maximum absolute atomic E-state index is 13.3. The van der Waals surface area contributed by atoms with Crippen LogP contribution in [0.4, 0.5) is 5.69 Å². The standard InChI is InChI=1S/C27H45NO4SSi2/c1-19-12-14-23(15-13-19)33(29,30)28-22-17-20(24(26(2,3)4)31-34(8)9)16-21(18-22)25(27(5,6)7)32-35(10)11/h12-18,24-25,28,34-35H,1-11H3. The van der Waals surface area contributed by atoms with Crippen molar-refractivity contribution >= 4 is 33.8 Å². The van der Waals surface area contributed by atoms with Gasteiger partial charge in [0.2, 0.25) is 0 Å². The molecule has 2 aromatic carbocycles. The summed E-state index contributed by atoms with van der Waals surface area (Å²) in [6.45, 7) is 23.6. The summed E-state index contributed by atoms with van der Waals surface area (Å²) in [5.74, 6) is 0. The van der Waals surface area contributed by atoms with Gasteiger partial charge in [-0.05, 0) is 79.3 Å². The summed E-state index contributed by atoms with van der Waals surface area (Å²) in [5, 5.41) is 0. The Bertz CT molecular complexity index is 1040. The van der Waals surface area contributed by atoms with Gasteiger partial charge in [0.05, 0.1) is 17.1 Å². The highest BCUT2D eigenvalue weighted by Gasteiger charge is 2.33. The van der Waals surface area contributed by atoms with E-state index in [1.807, 2.05) is 31.2 Å². The molecule has 0 aliphatic heterocycles. The fourth-order valence-corrected chi connectivity index (χ4v) is 7.34. The zero-order valence-electron chi connectivity index (χ0n) is 23.4. The normalized spacial score (nSPS) is 14.9. The monoisotopic (exact) mass is 535 g/mol. The Hall–Kier alpha value is -1.46. The molecule has 2 atom stereocenters. The third-order valence-electron chi connectivity index (χ3n) is 5.56. The van der Waals surface area contributed by atoms with Crippen molar-refractivity contribution in [1.29, 1.82) is 0 Å². The SMILES string of the molecule is Cc1ccc(S(=O)(=O)Nc2cc(C(O[SiH](C)C)C(C)(C)C)cc(C(O[SiH](C)C)C(C)(C)C)c2)cc1. The van der Waals surface area contributed by atoms with Gasteiger partial charge >= 0.3 is 0 Å². The molecule has 2 unspecified atom stereocenters. The molecule has 0 saturated heterocycles. The second kappa shape index (κ2) is 11.3. The van der Waals surface area contributed by atoms with Crippen LogP contribution in [-0.4, -0.2) is 26.5 Å². The second-order valence-electron chi connectivity index (χ2n) is 12.2. The predicted octanol–water partition coefficient (Wildman–Crippen LogP) is 6.97. The molecule has 8 heteroatoms. The molecule has 0 amide bonds. The lowest BCUT2D eigenvalue weighted by molar-refractivity contribution is 0.0807. The van der Waals surface area contributed by atoms with Gasteiger partial charge in [-0.1, -0.05) is 65.3 Å². The number of hydrogen-bond acceptors (Lipinski definition) is 4. The summed E-state index contributed by atoms with van der Waals surface area (Å²) in [7, 11) is -6.49.